The number of amides is 1. The maximum absolute atomic E-state index is 12.0. The average Bonchev–Trinajstić information content (AvgIpc) is 2.47. The van der Waals surface area contributed by atoms with Crippen LogP contribution in [0, 0.1) is 6.92 Å². The molecule has 0 saturated heterocycles. The van der Waals surface area contributed by atoms with Gasteiger partial charge >= 0.3 is 0 Å². The van der Waals surface area contributed by atoms with E-state index >= 15 is 0 Å². The van der Waals surface area contributed by atoms with Crippen molar-refractivity contribution in [2.45, 2.75) is 53.0 Å². The Bertz CT molecular complexity index is 459. The van der Waals surface area contributed by atoms with E-state index in [1.165, 1.54) is 0 Å². The molecule has 0 aromatic heterocycles. The molecule has 1 atom stereocenters. The Kier molecular flexibility index (Phi) is 7.23. The van der Waals surface area contributed by atoms with Gasteiger partial charge in [0, 0.05) is 23.8 Å². The number of hydrogen-bond acceptors (Lipinski definition) is 3. The van der Waals surface area contributed by atoms with Gasteiger partial charge in [-0.2, -0.15) is 0 Å². The second-order valence-corrected chi connectivity index (χ2v) is 5.56. The molecule has 1 unspecified atom stereocenters. The minimum Gasteiger partial charge on any atom is -0.398 e. The molecule has 0 fully saturated rings. The van der Waals surface area contributed by atoms with E-state index in [2.05, 4.69) is 31.0 Å². The van der Waals surface area contributed by atoms with Gasteiger partial charge in [-0.05, 0) is 57.5 Å². The Morgan fingerprint density at radius 3 is 2.71 bits per heavy atom. The molecule has 21 heavy (non-hydrogen) atoms. The number of hydrogen-bond donors (Lipinski definition) is 2. The molecule has 1 amide bonds. The Balaban J connectivity index is 2.42. The van der Waals surface area contributed by atoms with Crippen molar-refractivity contribution < 1.29 is 4.79 Å². The maximum Gasteiger partial charge on any atom is 0.224 e. The normalized spacial score (nSPS) is 12.4. The van der Waals surface area contributed by atoms with Crippen molar-refractivity contribution in [3.8, 4) is 0 Å². The molecule has 4 nitrogen and oxygen atoms in total. The summed E-state index contributed by atoms with van der Waals surface area (Å²) < 4.78 is 0. The number of nitrogens with one attached hydrogen (secondary N) is 1. The predicted octanol–water partition coefficient (Wildman–Crippen LogP) is 3.42. The third kappa shape index (κ3) is 5.38. The van der Waals surface area contributed by atoms with E-state index in [1.807, 2.05) is 25.1 Å². The highest BCUT2D eigenvalue weighted by Crippen LogP contribution is 2.20. The molecule has 1 aromatic carbocycles. The Hall–Kier alpha value is -1.55. The topological polar surface area (TPSA) is 58.4 Å². The molecule has 4 heteroatoms. The highest BCUT2D eigenvalue weighted by molar-refractivity contribution is 5.92. The molecule has 0 spiro atoms. The minimum atomic E-state index is 0.0592. The molecule has 0 heterocycles. The van der Waals surface area contributed by atoms with Crippen molar-refractivity contribution in [1.82, 2.24) is 4.90 Å². The van der Waals surface area contributed by atoms with Crippen LogP contribution in [0.5, 0.6) is 0 Å². The summed E-state index contributed by atoms with van der Waals surface area (Å²) >= 11 is 0. The third-order valence-corrected chi connectivity index (χ3v) is 4.12. The van der Waals surface area contributed by atoms with Gasteiger partial charge in [0.2, 0.25) is 5.91 Å². The zero-order valence-electron chi connectivity index (χ0n) is 13.8. The quantitative estimate of drug-likeness (QED) is 0.722. The number of carbonyl (C=O) groups excluding carboxylic acids is 1. The molecule has 0 aliphatic carbocycles. The molecule has 3 N–H and O–H groups in total. The fourth-order valence-electron chi connectivity index (χ4n) is 2.39. The predicted molar refractivity (Wildman–Crippen MR) is 90.5 cm³/mol. The summed E-state index contributed by atoms with van der Waals surface area (Å²) in [7, 11) is 0. The first-order valence-corrected chi connectivity index (χ1v) is 7.88. The van der Waals surface area contributed by atoms with Crippen LogP contribution in [0.25, 0.3) is 0 Å². The van der Waals surface area contributed by atoms with Crippen molar-refractivity contribution in [3.63, 3.8) is 0 Å². The SMILES string of the molecule is CCC(C)N(CC)CCCC(=O)Nc1cccc(N)c1C. The molecule has 0 saturated carbocycles. The smallest absolute Gasteiger partial charge is 0.224 e. The van der Waals surface area contributed by atoms with Gasteiger partial charge in [-0.3, -0.25) is 4.79 Å². The summed E-state index contributed by atoms with van der Waals surface area (Å²) in [5.41, 5.74) is 8.30. The summed E-state index contributed by atoms with van der Waals surface area (Å²) in [6.07, 6.45) is 2.56. The Morgan fingerprint density at radius 2 is 2.10 bits per heavy atom. The van der Waals surface area contributed by atoms with Crippen molar-refractivity contribution in [1.29, 1.82) is 0 Å². The van der Waals surface area contributed by atoms with Crippen LogP contribution in [0.1, 0.15) is 45.6 Å². The average molecular weight is 291 g/mol. The molecule has 0 aliphatic heterocycles. The van der Waals surface area contributed by atoms with Gasteiger partial charge in [0.1, 0.15) is 0 Å². The van der Waals surface area contributed by atoms with Gasteiger partial charge in [0.15, 0.2) is 0 Å². The summed E-state index contributed by atoms with van der Waals surface area (Å²) in [5, 5.41) is 2.95. The highest BCUT2D eigenvalue weighted by Gasteiger charge is 2.11. The van der Waals surface area contributed by atoms with Crippen LogP contribution in [0.15, 0.2) is 18.2 Å². The molecular weight excluding hydrogens is 262 g/mol. The number of carbonyl (C=O) groups is 1. The van der Waals surface area contributed by atoms with Crippen molar-refractivity contribution >= 4 is 17.3 Å². The maximum atomic E-state index is 12.0. The monoisotopic (exact) mass is 291 g/mol. The number of nitrogen functional groups attached to an aromatic ring is 1. The van der Waals surface area contributed by atoms with Crippen LogP contribution in [0.2, 0.25) is 0 Å². The first-order valence-electron chi connectivity index (χ1n) is 7.88. The fourth-order valence-corrected chi connectivity index (χ4v) is 2.39. The standard InChI is InChI=1S/C17H29N3O/c1-5-13(3)20(6-2)12-8-11-17(21)19-16-10-7-9-15(18)14(16)4/h7,9-10,13H,5-6,8,11-12,18H2,1-4H3,(H,19,21). The zero-order valence-corrected chi connectivity index (χ0v) is 13.8. The largest absolute Gasteiger partial charge is 0.398 e. The minimum absolute atomic E-state index is 0.0592. The third-order valence-electron chi connectivity index (χ3n) is 4.12. The van der Waals surface area contributed by atoms with E-state index in [1.54, 1.807) is 0 Å². The van der Waals surface area contributed by atoms with E-state index < -0.39 is 0 Å². The lowest BCUT2D eigenvalue weighted by Gasteiger charge is -2.26. The fraction of sp³-hybridized carbons (Fsp3) is 0.588. The number of nitrogens with zero attached hydrogens (tertiary/aromatic N) is 1. The van der Waals surface area contributed by atoms with Gasteiger partial charge in [-0.25, -0.2) is 0 Å². The van der Waals surface area contributed by atoms with Crippen molar-refractivity contribution in [3.05, 3.63) is 23.8 Å². The van der Waals surface area contributed by atoms with Gasteiger partial charge in [-0.1, -0.05) is 19.9 Å². The van der Waals surface area contributed by atoms with E-state index in [9.17, 15) is 4.79 Å². The van der Waals surface area contributed by atoms with Gasteiger partial charge in [-0.15, -0.1) is 0 Å². The molecule has 1 aromatic rings. The molecular formula is C17H29N3O. The van der Waals surface area contributed by atoms with Crippen LogP contribution in [-0.2, 0) is 4.79 Å². The first kappa shape index (κ1) is 17.5. The molecule has 0 radical (unpaired) electrons. The number of anilines is 2. The van der Waals surface area contributed by atoms with Gasteiger partial charge < -0.3 is 16.0 Å². The summed E-state index contributed by atoms with van der Waals surface area (Å²) in [5.74, 6) is 0.0592. The van der Waals surface area contributed by atoms with E-state index in [4.69, 9.17) is 5.73 Å². The van der Waals surface area contributed by atoms with Crippen LogP contribution in [0.4, 0.5) is 11.4 Å². The van der Waals surface area contributed by atoms with Crippen LogP contribution >= 0.6 is 0 Å². The van der Waals surface area contributed by atoms with Crippen molar-refractivity contribution in [2.24, 2.45) is 0 Å². The Labute approximate surface area is 128 Å². The number of benzene rings is 1. The second-order valence-electron chi connectivity index (χ2n) is 5.56. The van der Waals surface area contributed by atoms with Crippen LogP contribution in [-0.4, -0.2) is 29.9 Å². The van der Waals surface area contributed by atoms with Gasteiger partial charge in [0.25, 0.3) is 0 Å². The lowest BCUT2D eigenvalue weighted by Crippen LogP contribution is -2.33. The second kappa shape index (κ2) is 8.67. The molecule has 118 valence electrons. The van der Waals surface area contributed by atoms with Crippen LogP contribution in [0.3, 0.4) is 0 Å². The van der Waals surface area contributed by atoms with E-state index in [0.717, 1.165) is 37.2 Å². The van der Waals surface area contributed by atoms with Crippen molar-refractivity contribution in [2.75, 3.05) is 24.1 Å². The lowest BCUT2D eigenvalue weighted by molar-refractivity contribution is -0.116. The lowest BCUT2D eigenvalue weighted by atomic mass is 10.1. The molecule has 0 aliphatic rings. The van der Waals surface area contributed by atoms with Gasteiger partial charge in [0.05, 0.1) is 0 Å². The van der Waals surface area contributed by atoms with E-state index in [-0.39, 0.29) is 5.91 Å². The summed E-state index contributed by atoms with van der Waals surface area (Å²) in [4.78, 5) is 14.4. The Morgan fingerprint density at radius 1 is 1.38 bits per heavy atom. The number of nitrogens with two attached hydrogens (primary N) is 1. The summed E-state index contributed by atoms with van der Waals surface area (Å²) in [6, 6.07) is 6.17. The number of rotatable bonds is 8. The van der Waals surface area contributed by atoms with Crippen LogP contribution < -0.4 is 11.1 Å². The molecule has 0 bridgehead atoms. The zero-order chi connectivity index (χ0) is 15.8. The van der Waals surface area contributed by atoms with E-state index in [0.29, 0.717) is 18.2 Å². The first-order chi connectivity index (χ1) is 9.99. The summed E-state index contributed by atoms with van der Waals surface area (Å²) in [6.45, 7) is 10.5. The molecule has 1 rings (SSSR count). The highest BCUT2D eigenvalue weighted by atomic mass is 16.1.